The van der Waals surface area contributed by atoms with E-state index in [0.717, 1.165) is 40.8 Å². The molecule has 1 amide bonds. The van der Waals surface area contributed by atoms with Crippen LogP contribution in [0.4, 0.5) is 0 Å². The number of benzene rings is 1. The van der Waals surface area contributed by atoms with Crippen LogP contribution in [-0.2, 0) is 17.8 Å². The second-order valence-corrected chi connectivity index (χ2v) is 6.13. The van der Waals surface area contributed by atoms with Gasteiger partial charge >= 0.3 is 0 Å². The Morgan fingerprint density at radius 3 is 3.17 bits per heavy atom. The summed E-state index contributed by atoms with van der Waals surface area (Å²) in [5.41, 5.74) is 3.92. The molecule has 3 aromatic rings. The van der Waals surface area contributed by atoms with Gasteiger partial charge in [0.05, 0.1) is 17.5 Å². The third-order valence-corrected chi connectivity index (χ3v) is 4.46. The molecular weight excluding hydrogens is 302 g/mol. The van der Waals surface area contributed by atoms with Gasteiger partial charge < -0.3 is 15.2 Å². The van der Waals surface area contributed by atoms with Gasteiger partial charge in [0.25, 0.3) is 0 Å². The number of aromatic nitrogens is 3. The van der Waals surface area contributed by atoms with Crippen LogP contribution < -0.4 is 5.32 Å². The summed E-state index contributed by atoms with van der Waals surface area (Å²) in [5.74, 6) is 0.0364. The number of carbonyl (C=O) groups is 1. The number of imidazole rings is 1. The monoisotopic (exact) mass is 321 g/mol. The van der Waals surface area contributed by atoms with Crippen molar-refractivity contribution in [3.05, 3.63) is 59.8 Å². The zero-order valence-electron chi connectivity index (χ0n) is 13.5. The number of carbonyl (C=O) groups excluding carboxylic acids is 1. The van der Waals surface area contributed by atoms with E-state index in [1.54, 1.807) is 17.4 Å². The smallest absolute Gasteiger partial charge is 0.246 e. The summed E-state index contributed by atoms with van der Waals surface area (Å²) < 4.78 is 0. The Morgan fingerprint density at radius 2 is 2.25 bits per heavy atom. The topological polar surface area (TPSA) is 73.9 Å². The molecule has 1 aliphatic heterocycles. The van der Waals surface area contributed by atoms with Crippen molar-refractivity contribution < 1.29 is 4.79 Å². The summed E-state index contributed by atoms with van der Waals surface area (Å²) in [6.07, 6.45) is 4.32. The van der Waals surface area contributed by atoms with Crippen LogP contribution >= 0.6 is 0 Å². The average Bonchev–Trinajstić information content (AvgIpc) is 3.09. The minimum absolute atomic E-state index is 0.0364. The van der Waals surface area contributed by atoms with Crippen LogP contribution in [0.1, 0.15) is 23.0 Å². The molecule has 0 unspecified atom stereocenters. The summed E-state index contributed by atoms with van der Waals surface area (Å²) in [5, 5.41) is 4.36. The van der Waals surface area contributed by atoms with E-state index in [1.807, 2.05) is 31.3 Å². The molecule has 1 aromatic carbocycles. The Kier molecular flexibility index (Phi) is 3.74. The van der Waals surface area contributed by atoms with Crippen molar-refractivity contribution in [3.8, 4) is 0 Å². The number of likely N-dealkylation sites (N-methyl/N-ethyl adjacent to an activating group) is 1. The first-order valence-electron chi connectivity index (χ1n) is 8.06. The van der Waals surface area contributed by atoms with Gasteiger partial charge in [-0.25, -0.2) is 4.98 Å². The zero-order chi connectivity index (χ0) is 16.5. The number of nitrogens with one attached hydrogen (secondary N) is 2. The van der Waals surface area contributed by atoms with E-state index in [4.69, 9.17) is 0 Å². The molecule has 0 saturated heterocycles. The summed E-state index contributed by atoms with van der Waals surface area (Å²) in [4.78, 5) is 26.3. The molecule has 24 heavy (non-hydrogen) atoms. The highest BCUT2D eigenvalue weighted by molar-refractivity contribution is 5.83. The lowest BCUT2D eigenvalue weighted by atomic mass is 10.0. The third kappa shape index (κ3) is 2.65. The largest absolute Gasteiger partial charge is 0.348 e. The van der Waals surface area contributed by atoms with Gasteiger partial charge in [-0.2, -0.15) is 0 Å². The Labute approximate surface area is 139 Å². The maximum absolute atomic E-state index is 12.8. The van der Waals surface area contributed by atoms with E-state index in [2.05, 4.69) is 26.3 Å². The van der Waals surface area contributed by atoms with E-state index in [0.29, 0.717) is 6.54 Å². The van der Waals surface area contributed by atoms with Crippen molar-refractivity contribution in [1.82, 2.24) is 25.2 Å². The van der Waals surface area contributed by atoms with Crippen molar-refractivity contribution in [2.45, 2.75) is 19.0 Å². The number of fused-ring (bicyclic) bond motifs is 2. The first-order chi connectivity index (χ1) is 11.7. The minimum Gasteiger partial charge on any atom is -0.348 e. The summed E-state index contributed by atoms with van der Waals surface area (Å²) in [7, 11) is 1.83. The molecule has 0 saturated carbocycles. The molecule has 4 rings (SSSR count). The minimum atomic E-state index is -0.368. The molecule has 2 aromatic heterocycles. The van der Waals surface area contributed by atoms with E-state index in [-0.39, 0.29) is 11.9 Å². The van der Waals surface area contributed by atoms with Gasteiger partial charge in [0, 0.05) is 43.8 Å². The van der Waals surface area contributed by atoms with Crippen LogP contribution in [0, 0.1) is 0 Å². The zero-order valence-corrected chi connectivity index (χ0v) is 13.5. The van der Waals surface area contributed by atoms with Gasteiger partial charge in [0.2, 0.25) is 5.91 Å². The number of hydrogen-bond acceptors (Lipinski definition) is 4. The molecular formula is C18H19N5O. The molecule has 6 heteroatoms. The molecule has 2 N–H and O–H groups in total. The Balaban J connectivity index is 1.53. The van der Waals surface area contributed by atoms with E-state index >= 15 is 0 Å². The fourth-order valence-corrected chi connectivity index (χ4v) is 3.22. The van der Waals surface area contributed by atoms with Crippen LogP contribution in [0.2, 0.25) is 0 Å². The SMILES string of the molecule is CN(Cc1ccc2ncccc2c1)C(=O)[C@H]1NCCc2[nH]cnc21. The lowest BCUT2D eigenvalue weighted by Crippen LogP contribution is -2.42. The van der Waals surface area contributed by atoms with Crippen LogP contribution in [0.3, 0.4) is 0 Å². The number of pyridine rings is 1. The van der Waals surface area contributed by atoms with Gasteiger partial charge in [-0.15, -0.1) is 0 Å². The number of rotatable bonds is 3. The highest BCUT2D eigenvalue weighted by Crippen LogP contribution is 2.22. The van der Waals surface area contributed by atoms with Crippen molar-refractivity contribution >= 4 is 16.8 Å². The Bertz CT molecular complexity index is 888. The van der Waals surface area contributed by atoms with E-state index in [1.165, 1.54) is 0 Å². The number of amides is 1. The first-order valence-corrected chi connectivity index (χ1v) is 8.06. The highest BCUT2D eigenvalue weighted by atomic mass is 16.2. The quantitative estimate of drug-likeness (QED) is 0.771. The van der Waals surface area contributed by atoms with Crippen molar-refractivity contribution in [1.29, 1.82) is 0 Å². The van der Waals surface area contributed by atoms with Crippen molar-refractivity contribution in [2.24, 2.45) is 0 Å². The molecule has 0 spiro atoms. The van der Waals surface area contributed by atoms with Gasteiger partial charge in [-0.05, 0) is 23.8 Å². The third-order valence-electron chi connectivity index (χ3n) is 4.46. The van der Waals surface area contributed by atoms with E-state index in [9.17, 15) is 4.79 Å². The van der Waals surface area contributed by atoms with Crippen LogP contribution in [-0.4, -0.2) is 39.4 Å². The maximum atomic E-state index is 12.8. The number of nitrogens with zero attached hydrogens (tertiary/aromatic N) is 3. The van der Waals surface area contributed by atoms with E-state index < -0.39 is 0 Å². The number of aromatic amines is 1. The first kappa shape index (κ1) is 14.8. The van der Waals surface area contributed by atoms with Gasteiger partial charge in [-0.3, -0.25) is 9.78 Å². The van der Waals surface area contributed by atoms with Crippen molar-refractivity contribution in [2.75, 3.05) is 13.6 Å². The lowest BCUT2D eigenvalue weighted by molar-refractivity contribution is -0.133. The standard InChI is InChI=1S/C18H19N5O/c1-23(10-12-4-5-14-13(9-12)3-2-7-19-14)18(24)17-16-15(6-8-20-17)21-11-22-16/h2-5,7,9,11,17,20H,6,8,10H2,1H3,(H,21,22)/t17-/m0/s1. The maximum Gasteiger partial charge on any atom is 0.246 e. The molecule has 0 aliphatic carbocycles. The van der Waals surface area contributed by atoms with Crippen molar-refractivity contribution in [3.63, 3.8) is 0 Å². The molecule has 0 radical (unpaired) electrons. The predicted octanol–water partition coefficient (Wildman–Crippen LogP) is 1.80. The molecule has 1 atom stereocenters. The van der Waals surface area contributed by atoms with Gasteiger partial charge in [0.1, 0.15) is 6.04 Å². The second-order valence-electron chi connectivity index (χ2n) is 6.13. The fraction of sp³-hybridized carbons (Fsp3) is 0.278. The predicted molar refractivity (Wildman–Crippen MR) is 91.3 cm³/mol. The summed E-state index contributed by atoms with van der Waals surface area (Å²) in [6.45, 7) is 1.34. The summed E-state index contributed by atoms with van der Waals surface area (Å²) >= 11 is 0. The molecule has 0 fully saturated rings. The van der Waals surface area contributed by atoms with Crippen LogP contribution in [0.15, 0.2) is 42.9 Å². The molecule has 1 aliphatic rings. The molecule has 3 heterocycles. The van der Waals surface area contributed by atoms with Gasteiger partial charge in [-0.1, -0.05) is 12.1 Å². The lowest BCUT2D eigenvalue weighted by Gasteiger charge is -2.27. The second kappa shape index (κ2) is 6.05. The highest BCUT2D eigenvalue weighted by Gasteiger charge is 2.30. The average molecular weight is 321 g/mol. The normalized spacial score (nSPS) is 16.8. The van der Waals surface area contributed by atoms with Crippen LogP contribution in [0.5, 0.6) is 0 Å². The molecule has 6 nitrogen and oxygen atoms in total. The molecule has 122 valence electrons. The summed E-state index contributed by atoms with van der Waals surface area (Å²) in [6, 6.07) is 9.69. The fourth-order valence-electron chi connectivity index (χ4n) is 3.22. The number of hydrogen-bond donors (Lipinski definition) is 2. The van der Waals surface area contributed by atoms with Crippen LogP contribution in [0.25, 0.3) is 10.9 Å². The Hall–Kier alpha value is -2.73. The van der Waals surface area contributed by atoms with Gasteiger partial charge in [0.15, 0.2) is 0 Å². The Morgan fingerprint density at radius 1 is 1.33 bits per heavy atom. The number of H-pyrrole nitrogens is 1. The molecule has 0 bridgehead atoms.